The molecule has 0 spiro atoms. The summed E-state index contributed by atoms with van der Waals surface area (Å²) in [4.78, 5) is 14.1. The maximum Gasteiger partial charge on any atom is 0.141 e. The number of rotatable bonds is 1. The van der Waals surface area contributed by atoms with Crippen LogP contribution in [0.2, 0.25) is 0 Å². The molecule has 0 saturated carbocycles. The van der Waals surface area contributed by atoms with E-state index in [-0.39, 0.29) is 6.10 Å². The van der Waals surface area contributed by atoms with E-state index in [1.807, 2.05) is 11.3 Å². The van der Waals surface area contributed by atoms with E-state index in [1.165, 1.54) is 28.7 Å². The number of anilines is 1. The summed E-state index contributed by atoms with van der Waals surface area (Å²) in [5, 5.41) is 11.0. The number of aryl methyl sites for hydroxylation is 1. The number of thiophene rings is 1. The fraction of sp³-hybridized carbons (Fsp3) is 0.625. The predicted octanol–water partition coefficient (Wildman–Crippen LogP) is 2.78. The summed E-state index contributed by atoms with van der Waals surface area (Å²) in [6.45, 7) is 4.13. The molecule has 3 heterocycles. The molecule has 1 aliphatic heterocycles. The zero-order chi connectivity index (χ0) is 14.4. The summed E-state index contributed by atoms with van der Waals surface area (Å²) >= 11 is 1.86. The predicted molar refractivity (Wildman–Crippen MR) is 86.1 cm³/mol. The van der Waals surface area contributed by atoms with Crippen LogP contribution in [0.4, 0.5) is 5.82 Å². The second-order valence-electron chi connectivity index (χ2n) is 6.45. The van der Waals surface area contributed by atoms with Crippen molar-refractivity contribution in [2.24, 2.45) is 5.92 Å². The van der Waals surface area contributed by atoms with Crippen molar-refractivity contribution < 1.29 is 5.11 Å². The Morgan fingerprint density at radius 3 is 2.86 bits per heavy atom. The van der Waals surface area contributed by atoms with Crippen molar-refractivity contribution in [2.45, 2.75) is 45.1 Å². The molecule has 0 radical (unpaired) electrons. The number of aliphatic hydroxyl groups excluding tert-OH is 1. The van der Waals surface area contributed by atoms with E-state index in [0.29, 0.717) is 0 Å². The molecule has 1 saturated heterocycles. The molecule has 0 aromatic carbocycles. The zero-order valence-electron chi connectivity index (χ0n) is 12.4. The van der Waals surface area contributed by atoms with E-state index in [2.05, 4.69) is 21.8 Å². The van der Waals surface area contributed by atoms with Crippen molar-refractivity contribution >= 4 is 27.4 Å². The van der Waals surface area contributed by atoms with Crippen LogP contribution in [0.5, 0.6) is 0 Å². The van der Waals surface area contributed by atoms with Gasteiger partial charge in [-0.2, -0.15) is 0 Å². The van der Waals surface area contributed by atoms with Crippen LogP contribution in [0.1, 0.15) is 36.6 Å². The fourth-order valence-corrected chi connectivity index (χ4v) is 4.92. The van der Waals surface area contributed by atoms with Gasteiger partial charge >= 0.3 is 0 Å². The first-order valence-electron chi connectivity index (χ1n) is 7.90. The molecule has 0 amide bonds. The number of fused-ring (bicyclic) bond motifs is 3. The monoisotopic (exact) mass is 303 g/mol. The van der Waals surface area contributed by atoms with Crippen LogP contribution in [0.25, 0.3) is 10.2 Å². The van der Waals surface area contributed by atoms with Gasteiger partial charge in [0.1, 0.15) is 17.0 Å². The summed E-state index contributed by atoms with van der Waals surface area (Å²) in [7, 11) is 0. The van der Waals surface area contributed by atoms with Gasteiger partial charge in [-0.25, -0.2) is 9.97 Å². The molecule has 4 nitrogen and oxygen atoms in total. The van der Waals surface area contributed by atoms with Crippen LogP contribution >= 0.6 is 11.3 Å². The molecule has 1 fully saturated rings. The van der Waals surface area contributed by atoms with Crippen molar-refractivity contribution in [3.8, 4) is 0 Å². The lowest BCUT2D eigenvalue weighted by atomic mass is 9.89. The molecular weight excluding hydrogens is 282 g/mol. The average Bonchev–Trinajstić information content (AvgIpc) is 2.85. The Morgan fingerprint density at radius 1 is 1.24 bits per heavy atom. The Labute approximate surface area is 128 Å². The average molecular weight is 303 g/mol. The Morgan fingerprint density at radius 2 is 2.05 bits per heavy atom. The maximum absolute atomic E-state index is 9.71. The molecule has 4 rings (SSSR count). The topological polar surface area (TPSA) is 49.2 Å². The minimum absolute atomic E-state index is 0.143. The number of aromatic nitrogens is 2. The van der Waals surface area contributed by atoms with Crippen LogP contribution in [0.3, 0.4) is 0 Å². The molecule has 112 valence electrons. The van der Waals surface area contributed by atoms with Crippen LogP contribution in [0, 0.1) is 5.92 Å². The van der Waals surface area contributed by atoms with Gasteiger partial charge in [0.05, 0.1) is 11.5 Å². The van der Waals surface area contributed by atoms with Crippen LogP contribution in [-0.2, 0) is 12.8 Å². The molecule has 2 aromatic rings. The van der Waals surface area contributed by atoms with Crippen LogP contribution < -0.4 is 4.90 Å². The summed E-state index contributed by atoms with van der Waals surface area (Å²) < 4.78 is 0. The van der Waals surface area contributed by atoms with Gasteiger partial charge in [-0.05, 0) is 43.6 Å². The SMILES string of the molecule is CC1CCc2c(sc3ncnc(N4CCC(O)CC4)c23)C1. The molecule has 2 aromatic heterocycles. The van der Waals surface area contributed by atoms with E-state index in [1.54, 1.807) is 6.33 Å². The van der Waals surface area contributed by atoms with E-state index in [0.717, 1.165) is 48.9 Å². The third kappa shape index (κ3) is 2.32. The van der Waals surface area contributed by atoms with Gasteiger partial charge in [-0.3, -0.25) is 0 Å². The third-order valence-electron chi connectivity index (χ3n) is 4.84. The number of hydrogen-bond donors (Lipinski definition) is 1. The molecular formula is C16H21N3OS. The number of hydrogen-bond acceptors (Lipinski definition) is 5. The third-order valence-corrected chi connectivity index (χ3v) is 6.00. The summed E-state index contributed by atoms with van der Waals surface area (Å²) in [6, 6.07) is 0. The van der Waals surface area contributed by atoms with Gasteiger partial charge in [0.2, 0.25) is 0 Å². The zero-order valence-corrected chi connectivity index (χ0v) is 13.2. The minimum Gasteiger partial charge on any atom is -0.393 e. The summed E-state index contributed by atoms with van der Waals surface area (Å²) in [5.74, 6) is 1.88. The quantitative estimate of drug-likeness (QED) is 0.880. The second-order valence-corrected chi connectivity index (χ2v) is 7.53. The highest BCUT2D eigenvalue weighted by Crippen LogP contribution is 2.40. The van der Waals surface area contributed by atoms with Crippen LogP contribution in [0.15, 0.2) is 6.33 Å². The van der Waals surface area contributed by atoms with Gasteiger partial charge in [0.25, 0.3) is 0 Å². The first-order valence-corrected chi connectivity index (χ1v) is 8.72. The van der Waals surface area contributed by atoms with Crippen molar-refractivity contribution in [3.05, 3.63) is 16.8 Å². The Balaban J connectivity index is 1.79. The van der Waals surface area contributed by atoms with E-state index in [4.69, 9.17) is 0 Å². The highest BCUT2D eigenvalue weighted by atomic mass is 32.1. The molecule has 1 atom stereocenters. The normalized spacial score (nSPS) is 23.5. The molecule has 0 bridgehead atoms. The summed E-state index contributed by atoms with van der Waals surface area (Å²) in [5.41, 5.74) is 1.50. The molecule has 1 unspecified atom stereocenters. The molecule has 1 N–H and O–H groups in total. The number of piperidine rings is 1. The van der Waals surface area contributed by atoms with E-state index < -0.39 is 0 Å². The molecule has 2 aliphatic rings. The lowest BCUT2D eigenvalue weighted by Crippen LogP contribution is -2.36. The van der Waals surface area contributed by atoms with Gasteiger partial charge in [0, 0.05) is 18.0 Å². The highest BCUT2D eigenvalue weighted by Gasteiger charge is 2.26. The Kier molecular flexibility index (Phi) is 3.34. The van der Waals surface area contributed by atoms with Crippen molar-refractivity contribution in [1.82, 2.24) is 9.97 Å². The lowest BCUT2D eigenvalue weighted by Gasteiger charge is -2.31. The highest BCUT2D eigenvalue weighted by molar-refractivity contribution is 7.19. The van der Waals surface area contributed by atoms with E-state index in [9.17, 15) is 5.11 Å². The first kappa shape index (κ1) is 13.5. The van der Waals surface area contributed by atoms with Gasteiger partial charge in [-0.15, -0.1) is 11.3 Å². The van der Waals surface area contributed by atoms with Crippen molar-refractivity contribution in [1.29, 1.82) is 0 Å². The first-order chi connectivity index (χ1) is 10.2. The van der Waals surface area contributed by atoms with Gasteiger partial charge in [0.15, 0.2) is 0 Å². The Hall–Kier alpha value is -1.20. The number of aliphatic hydroxyl groups is 1. The minimum atomic E-state index is -0.143. The van der Waals surface area contributed by atoms with Crippen molar-refractivity contribution in [2.75, 3.05) is 18.0 Å². The number of nitrogens with zero attached hydrogens (tertiary/aromatic N) is 3. The standard InChI is InChI=1S/C16H21N3OS/c1-10-2-3-12-13(8-10)21-16-14(12)15(17-9-18-16)19-6-4-11(20)5-7-19/h9-11,20H,2-8H2,1H3. The second kappa shape index (κ2) is 5.21. The van der Waals surface area contributed by atoms with E-state index >= 15 is 0 Å². The Bertz CT molecular complexity index is 661. The maximum atomic E-state index is 9.71. The fourth-order valence-electron chi connectivity index (χ4n) is 3.58. The van der Waals surface area contributed by atoms with Gasteiger partial charge < -0.3 is 10.0 Å². The molecule has 5 heteroatoms. The molecule has 21 heavy (non-hydrogen) atoms. The molecule has 1 aliphatic carbocycles. The summed E-state index contributed by atoms with van der Waals surface area (Å²) in [6.07, 6.45) is 6.86. The largest absolute Gasteiger partial charge is 0.393 e. The van der Waals surface area contributed by atoms with Gasteiger partial charge in [-0.1, -0.05) is 6.92 Å². The smallest absolute Gasteiger partial charge is 0.141 e. The lowest BCUT2D eigenvalue weighted by molar-refractivity contribution is 0.145. The van der Waals surface area contributed by atoms with Crippen LogP contribution in [-0.4, -0.2) is 34.3 Å². The van der Waals surface area contributed by atoms with Crippen molar-refractivity contribution in [3.63, 3.8) is 0 Å².